The first-order valence-electron chi connectivity index (χ1n) is 6.10. The highest BCUT2D eigenvalue weighted by Crippen LogP contribution is 2.30. The number of rotatable bonds is 5. The summed E-state index contributed by atoms with van der Waals surface area (Å²) in [5, 5.41) is 12.7. The molecule has 0 radical (unpaired) electrons. The van der Waals surface area contributed by atoms with Gasteiger partial charge in [-0.05, 0) is 36.4 Å². The number of nitrogens with one attached hydrogen (secondary N) is 1. The van der Waals surface area contributed by atoms with Crippen LogP contribution in [0.15, 0.2) is 46.9 Å². The maximum absolute atomic E-state index is 13.2. The lowest BCUT2D eigenvalue weighted by Gasteiger charge is -2.20. The van der Waals surface area contributed by atoms with E-state index in [1.54, 1.807) is 19.2 Å². The molecule has 1 atom stereocenters. The van der Waals surface area contributed by atoms with E-state index in [1.807, 2.05) is 18.2 Å². The van der Waals surface area contributed by atoms with Crippen molar-refractivity contribution in [3.63, 3.8) is 0 Å². The van der Waals surface area contributed by atoms with E-state index < -0.39 is 0 Å². The highest BCUT2D eigenvalue weighted by molar-refractivity contribution is 9.10. The average molecular weight is 340 g/mol. The van der Waals surface area contributed by atoms with Crippen molar-refractivity contribution < 1.29 is 14.2 Å². The van der Waals surface area contributed by atoms with E-state index in [0.29, 0.717) is 11.4 Å². The van der Waals surface area contributed by atoms with Crippen LogP contribution in [0.1, 0.15) is 11.6 Å². The van der Waals surface area contributed by atoms with E-state index in [2.05, 4.69) is 21.2 Å². The third-order valence-electron chi connectivity index (χ3n) is 2.92. The van der Waals surface area contributed by atoms with Gasteiger partial charge in [0, 0.05) is 15.7 Å². The van der Waals surface area contributed by atoms with Crippen molar-refractivity contribution in [2.75, 3.05) is 19.0 Å². The maximum Gasteiger partial charge on any atom is 0.125 e. The predicted molar refractivity (Wildman–Crippen MR) is 80.5 cm³/mol. The summed E-state index contributed by atoms with van der Waals surface area (Å²) in [6, 6.07) is 11.3. The standard InChI is InChI=1S/C15H15BrFNO2/c1-20-15-6-5-10(16)7-13(15)14(9-19)18-12-4-2-3-11(17)8-12/h2-8,14,18-19H,9H2,1H3. The maximum atomic E-state index is 13.2. The Kier molecular flexibility index (Phi) is 4.98. The van der Waals surface area contributed by atoms with Gasteiger partial charge in [0.05, 0.1) is 19.8 Å². The molecule has 106 valence electrons. The summed E-state index contributed by atoms with van der Waals surface area (Å²) in [6.07, 6.45) is 0. The number of anilines is 1. The molecule has 2 rings (SSSR count). The molecule has 2 aromatic carbocycles. The minimum atomic E-state index is -0.385. The summed E-state index contributed by atoms with van der Waals surface area (Å²) >= 11 is 3.40. The zero-order valence-corrected chi connectivity index (χ0v) is 12.5. The van der Waals surface area contributed by atoms with Crippen LogP contribution in [0.5, 0.6) is 5.75 Å². The molecule has 0 aromatic heterocycles. The zero-order valence-electron chi connectivity index (χ0n) is 10.9. The number of ether oxygens (including phenoxy) is 1. The quantitative estimate of drug-likeness (QED) is 0.871. The number of hydrogen-bond donors (Lipinski definition) is 2. The number of aliphatic hydroxyl groups is 1. The Balaban J connectivity index is 2.30. The van der Waals surface area contributed by atoms with Crippen LogP contribution in [0.3, 0.4) is 0 Å². The minimum absolute atomic E-state index is 0.136. The van der Waals surface area contributed by atoms with Crippen LogP contribution in [0.25, 0.3) is 0 Å². The molecule has 0 heterocycles. The van der Waals surface area contributed by atoms with Gasteiger partial charge in [0.1, 0.15) is 11.6 Å². The Hall–Kier alpha value is -1.59. The highest BCUT2D eigenvalue weighted by atomic mass is 79.9. The molecule has 0 aliphatic carbocycles. The largest absolute Gasteiger partial charge is 0.496 e. The van der Waals surface area contributed by atoms with Gasteiger partial charge in [0.2, 0.25) is 0 Å². The Labute approximate surface area is 125 Å². The van der Waals surface area contributed by atoms with Crippen LogP contribution in [-0.2, 0) is 0 Å². The molecule has 0 spiro atoms. The Morgan fingerprint density at radius 2 is 2.10 bits per heavy atom. The zero-order chi connectivity index (χ0) is 14.5. The molecule has 0 bridgehead atoms. The molecular formula is C15H15BrFNO2. The van der Waals surface area contributed by atoms with E-state index in [4.69, 9.17) is 4.74 Å². The molecule has 5 heteroatoms. The second-order valence-electron chi connectivity index (χ2n) is 4.28. The fourth-order valence-electron chi connectivity index (χ4n) is 1.98. The van der Waals surface area contributed by atoms with Gasteiger partial charge in [-0.15, -0.1) is 0 Å². The van der Waals surface area contributed by atoms with Crippen molar-refractivity contribution in [3.05, 3.63) is 58.3 Å². The van der Waals surface area contributed by atoms with E-state index in [1.165, 1.54) is 12.1 Å². The molecule has 2 aromatic rings. The second kappa shape index (κ2) is 6.72. The van der Waals surface area contributed by atoms with Gasteiger partial charge < -0.3 is 15.2 Å². The van der Waals surface area contributed by atoms with Crippen LogP contribution in [0.4, 0.5) is 10.1 Å². The van der Waals surface area contributed by atoms with E-state index in [9.17, 15) is 9.50 Å². The van der Waals surface area contributed by atoms with Gasteiger partial charge in [0.25, 0.3) is 0 Å². The van der Waals surface area contributed by atoms with Crippen molar-refractivity contribution in [1.82, 2.24) is 0 Å². The smallest absolute Gasteiger partial charge is 0.125 e. The summed E-state index contributed by atoms with van der Waals surface area (Å²) in [6.45, 7) is -0.136. The molecular weight excluding hydrogens is 325 g/mol. The van der Waals surface area contributed by atoms with Gasteiger partial charge in [-0.25, -0.2) is 4.39 Å². The molecule has 2 N–H and O–H groups in total. The molecule has 1 unspecified atom stereocenters. The van der Waals surface area contributed by atoms with Crippen LogP contribution in [-0.4, -0.2) is 18.8 Å². The molecule has 0 amide bonds. The van der Waals surface area contributed by atoms with Crippen molar-refractivity contribution >= 4 is 21.6 Å². The van der Waals surface area contributed by atoms with Crippen LogP contribution < -0.4 is 10.1 Å². The van der Waals surface area contributed by atoms with E-state index in [0.717, 1.165) is 10.0 Å². The summed E-state index contributed by atoms with van der Waals surface area (Å²) < 4.78 is 19.4. The first-order chi connectivity index (χ1) is 9.63. The molecule has 0 saturated carbocycles. The topological polar surface area (TPSA) is 41.5 Å². The SMILES string of the molecule is COc1ccc(Br)cc1C(CO)Nc1cccc(F)c1. The van der Waals surface area contributed by atoms with Gasteiger partial charge >= 0.3 is 0 Å². The van der Waals surface area contributed by atoms with E-state index in [-0.39, 0.29) is 18.5 Å². The summed E-state index contributed by atoms with van der Waals surface area (Å²) in [5.74, 6) is 0.337. The first kappa shape index (κ1) is 14.8. The number of hydrogen-bond acceptors (Lipinski definition) is 3. The number of halogens is 2. The third kappa shape index (κ3) is 3.49. The molecule has 20 heavy (non-hydrogen) atoms. The lowest BCUT2D eigenvalue weighted by atomic mass is 10.1. The van der Waals surface area contributed by atoms with Gasteiger partial charge in [0.15, 0.2) is 0 Å². The minimum Gasteiger partial charge on any atom is -0.496 e. The Morgan fingerprint density at radius 1 is 1.30 bits per heavy atom. The van der Waals surface area contributed by atoms with Crippen LogP contribution >= 0.6 is 15.9 Å². The summed E-state index contributed by atoms with van der Waals surface area (Å²) in [5.41, 5.74) is 1.40. The fraction of sp³-hybridized carbons (Fsp3) is 0.200. The average Bonchev–Trinajstić information content (AvgIpc) is 2.45. The van der Waals surface area contributed by atoms with Crippen molar-refractivity contribution in [3.8, 4) is 5.75 Å². The summed E-state index contributed by atoms with van der Waals surface area (Å²) in [7, 11) is 1.57. The van der Waals surface area contributed by atoms with Crippen molar-refractivity contribution in [2.45, 2.75) is 6.04 Å². The normalized spacial score (nSPS) is 12.0. The monoisotopic (exact) mass is 339 g/mol. The lowest BCUT2D eigenvalue weighted by Crippen LogP contribution is -2.16. The third-order valence-corrected chi connectivity index (χ3v) is 3.41. The second-order valence-corrected chi connectivity index (χ2v) is 5.19. The fourth-order valence-corrected chi connectivity index (χ4v) is 2.36. The molecule has 3 nitrogen and oxygen atoms in total. The molecule has 0 aliphatic rings. The van der Waals surface area contributed by atoms with Crippen LogP contribution in [0, 0.1) is 5.82 Å². The van der Waals surface area contributed by atoms with Gasteiger partial charge in [-0.2, -0.15) is 0 Å². The molecule has 0 fully saturated rings. The number of aliphatic hydroxyl groups excluding tert-OH is 1. The van der Waals surface area contributed by atoms with E-state index >= 15 is 0 Å². The van der Waals surface area contributed by atoms with Crippen LogP contribution in [0.2, 0.25) is 0 Å². The molecule has 0 aliphatic heterocycles. The Morgan fingerprint density at radius 3 is 2.75 bits per heavy atom. The lowest BCUT2D eigenvalue weighted by molar-refractivity contribution is 0.273. The number of methoxy groups -OCH3 is 1. The Bertz CT molecular complexity index is 592. The molecule has 0 saturated heterocycles. The van der Waals surface area contributed by atoms with Crippen molar-refractivity contribution in [1.29, 1.82) is 0 Å². The highest BCUT2D eigenvalue weighted by Gasteiger charge is 2.16. The van der Waals surface area contributed by atoms with Crippen molar-refractivity contribution in [2.24, 2.45) is 0 Å². The number of benzene rings is 2. The predicted octanol–water partition coefficient (Wildman–Crippen LogP) is 3.74. The summed E-state index contributed by atoms with van der Waals surface area (Å²) in [4.78, 5) is 0. The van der Waals surface area contributed by atoms with Gasteiger partial charge in [-0.3, -0.25) is 0 Å². The first-order valence-corrected chi connectivity index (χ1v) is 6.89. The van der Waals surface area contributed by atoms with Gasteiger partial charge in [-0.1, -0.05) is 22.0 Å².